The summed E-state index contributed by atoms with van der Waals surface area (Å²) in [5.74, 6) is -4.66. The van der Waals surface area contributed by atoms with Crippen LogP contribution in [0.4, 0.5) is 24.8 Å². The van der Waals surface area contributed by atoms with Crippen molar-refractivity contribution in [3.8, 4) is 0 Å². The third-order valence-electron chi connectivity index (χ3n) is 2.68. The minimum absolute atomic E-state index is 0.0535. The molecule has 0 saturated heterocycles. The Kier molecular flexibility index (Phi) is 4.53. The average Bonchev–Trinajstić information content (AvgIpc) is 2.47. The number of benzene rings is 1. The Labute approximate surface area is 131 Å². The Morgan fingerprint density at radius 1 is 1.04 bits per heavy atom. The fraction of sp³-hybridized carbons (Fsp3) is 0.267. The second kappa shape index (κ2) is 6.23. The molecule has 0 saturated carbocycles. The summed E-state index contributed by atoms with van der Waals surface area (Å²) in [6.07, 6.45) is 2.49. The average molecular weight is 324 g/mol. The number of halogens is 3. The molecule has 0 unspecified atom stereocenters. The number of hydrogen-bond donors (Lipinski definition) is 2. The van der Waals surface area contributed by atoms with E-state index in [-0.39, 0.29) is 23.1 Å². The highest BCUT2D eigenvalue weighted by molar-refractivity contribution is 5.94. The molecule has 1 heterocycles. The lowest BCUT2D eigenvalue weighted by atomic mass is 10.1. The maximum absolute atomic E-state index is 13.5. The second-order valence-corrected chi connectivity index (χ2v) is 5.85. The van der Waals surface area contributed by atoms with Gasteiger partial charge < -0.3 is 10.6 Å². The molecule has 0 aliphatic rings. The smallest absolute Gasteiger partial charge is 0.254 e. The highest BCUT2D eigenvalue weighted by Gasteiger charge is 2.17. The van der Waals surface area contributed by atoms with Crippen LogP contribution in [0.2, 0.25) is 0 Å². The summed E-state index contributed by atoms with van der Waals surface area (Å²) < 4.78 is 39.5. The Bertz CT molecular complexity index is 727. The first kappa shape index (κ1) is 16.7. The molecule has 1 aromatic carbocycles. The first-order chi connectivity index (χ1) is 10.7. The Morgan fingerprint density at radius 3 is 2.22 bits per heavy atom. The van der Waals surface area contributed by atoms with E-state index in [0.29, 0.717) is 0 Å². The molecule has 0 fully saturated rings. The number of nitrogens with zero attached hydrogens (tertiary/aromatic N) is 2. The number of carbonyl (C=O) groups excluding carboxylic acids is 1. The predicted octanol–water partition coefficient (Wildman–Crippen LogP) is 3.17. The minimum atomic E-state index is -1.59. The summed E-state index contributed by atoms with van der Waals surface area (Å²) >= 11 is 0. The van der Waals surface area contributed by atoms with Crippen molar-refractivity contribution in [3.05, 3.63) is 47.5 Å². The molecule has 8 heteroatoms. The van der Waals surface area contributed by atoms with Gasteiger partial charge >= 0.3 is 0 Å². The summed E-state index contributed by atoms with van der Waals surface area (Å²) in [5, 5.41) is 5.16. The molecule has 122 valence electrons. The molecule has 1 aromatic heterocycles. The Hall–Kier alpha value is -2.64. The highest BCUT2D eigenvalue weighted by Crippen LogP contribution is 2.21. The van der Waals surface area contributed by atoms with Crippen LogP contribution in [0.5, 0.6) is 0 Å². The quantitative estimate of drug-likeness (QED) is 0.851. The van der Waals surface area contributed by atoms with Crippen LogP contribution < -0.4 is 10.6 Å². The molecule has 2 N–H and O–H groups in total. The van der Waals surface area contributed by atoms with Crippen molar-refractivity contribution in [1.82, 2.24) is 15.3 Å². The van der Waals surface area contributed by atoms with E-state index in [1.807, 2.05) is 20.8 Å². The molecule has 5 nitrogen and oxygen atoms in total. The molecule has 0 bridgehead atoms. The Balaban J connectivity index is 2.15. The lowest BCUT2D eigenvalue weighted by Crippen LogP contribution is -2.40. The van der Waals surface area contributed by atoms with Crippen LogP contribution in [0, 0.1) is 17.5 Å². The number of aromatic nitrogens is 2. The van der Waals surface area contributed by atoms with E-state index < -0.39 is 23.0 Å². The third-order valence-corrected chi connectivity index (χ3v) is 2.68. The van der Waals surface area contributed by atoms with Crippen molar-refractivity contribution in [2.24, 2.45) is 0 Å². The zero-order valence-electron chi connectivity index (χ0n) is 12.7. The van der Waals surface area contributed by atoms with E-state index in [1.54, 1.807) is 0 Å². The fourth-order valence-corrected chi connectivity index (χ4v) is 1.67. The maximum atomic E-state index is 13.5. The molecule has 2 aromatic rings. The summed E-state index contributed by atoms with van der Waals surface area (Å²) in [5.41, 5.74) is -0.505. The van der Waals surface area contributed by atoms with Gasteiger partial charge in [-0.3, -0.25) is 4.79 Å². The molecule has 2 rings (SSSR count). The molecule has 0 aliphatic heterocycles. The van der Waals surface area contributed by atoms with Crippen molar-refractivity contribution in [2.75, 3.05) is 5.32 Å². The maximum Gasteiger partial charge on any atom is 0.254 e. The van der Waals surface area contributed by atoms with E-state index in [1.165, 1.54) is 12.4 Å². The molecule has 1 amide bonds. The number of rotatable bonds is 3. The van der Waals surface area contributed by atoms with Crippen LogP contribution >= 0.6 is 0 Å². The first-order valence-corrected chi connectivity index (χ1v) is 6.72. The number of amides is 1. The SMILES string of the molecule is CC(C)(C)NC(=O)c1cnc(Nc2ccc(F)c(F)c2F)nc1. The lowest BCUT2D eigenvalue weighted by molar-refractivity contribution is 0.0919. The van der Waals surface area contributed by atoms with E-state index in [2.05, 4.69) is 20.6 Å². The van der Waals surface area contributed by atoms with Crippen LogP contribution in [-0.4, -0.2) is 21.4 Å². The van der Waals surface area contributed by atoms with Gasteiger partial charge in [0.15, 0.2) is 17.5 Å². The lowest BCUT2D eigenvalue weighted by Gasteiger charge is -2.20. The predicted molar refractivity (Wildman–Crippen MR) is 78.8 cm³/mol. The van der Waals surface area contributed by atoms with Gasteiger partial charge in [-0.15, -0.1) is 0 Å². The third kappa shape index (κ3) is 4.18. The number of nitrogens with one attached hydrogen (secondary N) is 2. The molecule has 23 heavy (non-hydrogen) atoms. The monoisotopic (exact) mass is 324 g/mol. The fourth-order valence-electron chi connectivity index (χ4n) is 1.67. The van der Waals surface area contributed by atoms with Crippen LogP contribution in [0.15, 0.2) is 24.5 Å². The molecule has 0 aliphatic carbocycles. The van der Waals surface area contributed by atoms with Gasteiger partial charge in [0, 0.05) is 17.9 Å². The summed E-state index contributed by atoms with van der Waals surface area (Å²) in [6, 6.07) is 1.81. The normalized spacial score (nSPS) is 11.2. The van der Waals surface area contributed by atoms with E-state index >= 15 is 0 Å². The van der Waals surface area contributed by atoms with Gasteiger partial charge in [-0.25, -0.2) is 23.1 Å². The Morgan fingerprint density at radius 2 is 1.65 bits per heavy atom. The topological polar surface area (TPSA) is 66.9 Å². The van der Waals surface area contributed by atoms with Gasteiger partial charge in [0.2, 0.25) is 5.95 Å². The molecule has 0 spiro atoms. The standard InChI is InChI=1S/C15H15F3N4O/c1-15(2,3)22-13(23)8-6-19-14(20-7-8)21-10-5-4-9(16)11(17)12(10)18/h4-7H,1-3H3,(H,22,23)(H,19,20,21). The molecule has 0 atom stereocenters. The van der Waals surface area contributed by atoms with Crippen molar-refractivity contribution in [2.45, 2.75) is 26.3 Å². The van der Waals surface area contributed by atoms with Crippen molar-refractivity contribution >= 4 is 17.5 Å². The minimum Gasteiger partial charge on any atom is -0.347 e. The van der Waals surface area contributed by atoms with Gasteiger partial charge in [-0.1, -0.05) is 0 Å². The highest BCUT2D eigenvalue weighted by atomic mass is 19.2. The summed E-state index contributed by atoms with van der Waals surface area (Å²) in [6.45, 7) is 5.48. The second-order valence-electron chi connectivity index (χ2n) is 5.85. The van der Waals surface area contributed by atoms with Gasteiger partial charge in [0.1, 0.15) is 0 Å². The number of carbonyl (C=O) groups is 1. The van der Waals surface area contributed by atoms with Crippen LogP contribution in [0.25, 0.3) is 0 Å². The molecule has 0 radical (unpaired) electrons. The number of hydrogen-bond acceptors (Lipinski definition) is 4. The van der Waals surface area contributed by atoms with Gasteiger partial charge in [0.05, 0.1) is 11.3 Å². The van der Waals surface area contributed by atoms with Crippen molar-refractivity contribution in [3.63, 3.8) is 0 Å². The van der Waals surface area contributed by atoms with E-state index in [0.717, 1.165) is 12.1 Å². The summed E-state index contributed by atoms with van der Waals surface area (Å²) in [7, 11) is 0. The largest absolute Gasteiger partial charge is 0.347 e. The zero-order chi connectivity index (χ0) is 17.2. The zero-order valence-corrected chi connectivity index (χ0v) is 12.7. The van der Waals surface area contributed by atoms with Crippen molar-refractivity contribution < 1.29 is 18.0 Å². The van der Waals surface area contributed by atoms with Gasteiger partial charge in [-0.05, 0) is 32.9 Å². The molecular formula is C15H15F3N4O. The number of anilines is 2. The van der Waals surface area contributed by atoms with Crippen molar-refractivity contribution in [1.29, 1.82) is 0 Å². The van der Waals surface area contributed by atoms with Gasteiger partial charge in [-0.2, -0.15) is 0 Å². The summed E-state index contributed by atoms with van der Waals surface area (Å²) in [4.78, 5) is 19.6. The van der Waals surface area contributed by atoms with Crippen LogP contribution in [0.1, 0.15) is 31.1 Å². The molecular weight excluding hydrogens is 309 g/mol. The van der Waals surface area contributed by atoms with Crippen LogP contribution in [0.3, 0.4) is 0 Å². The first-order valence-electron chi connectivity index (χ1n) is 6.72. The van der Waals surface area contributed by atoms with E-state index in [9.17, 15) is 18.0 Å². The van der Waals surface area contributed by atoms with E-state index in [4.69, 9.17) is 0 Å². The van der Waals surface area contributed by atoms with Gasteiger partial charge in [0.25, 0.3) is 5.91 Å². The van der Waals surface area contributed by atoms with Crippen LogP contribution in [-0.2, 0) is 0 Å².